The summed E-state index contributed by atoms with van der Waals surface area (Å²) in [6.45, 7) is 3.93. The number of halogens is 1. The van der Waals surface area contributed by atoms with Gasteiger partial charge in [0, 0.05) is 16.1 Å². The zero-order valence-electron chi connectivity index (χ0n) is 9.37. The first-order valence-corrected chi connectivity index (χ1v) is 6.14. The molecule has 0 aliphatic heterocycles. The summed E-state index contributed by atoms with van der Waals surface area (Å²) >= 11 is 7.72. The Balaban J connectivity index is 2.59. The number of rotatable bonds is 2. The molecule has 0 atom stereocenters. The van der Waals surface area contributed by atoms with Crippen LogP contribution in [0.4, 0.5) is 0 Å². The van der Waals surface area contributed by atoms with Crippen molar-refractivity contribution in [2.24, 2.45) is 0 Å². The van der Waals surface area contributed by atoms with Crippen molar-refractivity contribution in [1.82, 2.24) is 4.98 Å². The van der Waals surface area contributed by atoms with Gasteiger partial charge in [-0.25, -0.2) is 4.98 Å². The summed E-state index contributed by atoms with van der Waals surface area (Å²) in [7, 11) is 1.66. The van der Waals surface area contributed by atoms with Crippen molar-refractivity contribution in [2.75, 3.05) is 7.11 Å². The second kappa shape index (κ2) is 4.44. The molecule has 1 aromatic heterocycles. The first kappa shape index (κ1) is 11.4. The van der Waals surface area contributed by atoms with E-state index >= 15 is 0 Å². The lowest BCUT2D eigenvalue weighted by Gasteiger charge is -2.08. The Morgan fingerprint density at radius 1 is 1.31 bits per heavy atom. The molecule has 4 heteroatoms. The number of aryl methyl sites for hydroxylation is 2. The van der Waals surface area contributed by atoms with Crippen molar-refractivity contribution in [3.05, 3.63) is 33.8 Å². The molecule has 0 unspecified atom stereocenters. The lowest BCUT2D eigenvalue weighted by molar-refractivity contribution is 0.416. The van der Waals surface area contributed by atoms with Gasteiger partial charge in [-0.2, -0.15) is 0 Å². The Hall–Kier alpha value is -1.06. The minimum Gasteiger partial charge on any atom is -0.496 e. The normalized spacial score (nSPS) is 10.5. The van der Waals surface area contributed by atoms with Gasteiger partial charge in [-0.15, -0.1) is 11.3 Å². The van der Waals surface area contributed by atoms with Crippen LogP contribution in [-0.2, 0) is 0 Å². The molecule has 0 amide bonds. The highest BCUT2D eigenvalue weighted by Crippen LogP contribution is 2.36. The van der Waals surface area contributed by atoms with E-state index < -0.39 is 0 Å². The molecule has 0 aliphatic rings. The second-order valence-corrected chi connectivity index (χ2v) is 4.86. The lowest BCUT2D eigenvalue weighted by Crippen LogP contribution is -1.89. The van der Waals surface area contributed by atoms with Crippen molar-refractivity contribution in [3.8, 4) is 16.3 Å². The van der Waals surface area contributed by atoms with Crippen LogP contribution in [0.1, 0.15) is 11.3 Å². The molecule has 0 bridgehead atoms. The zero-order valence-corrected chi connectivity index (χ0v) is 10.9. The molecule has 2 nitrogen and oxygen atoms in total. The van der Waals surface area contributed by atoms with E-state index in [1.165, 1.54) is 0 Å². The first-order chi connectivity index (χ1) is 7.61. The van der Waals surface area contributed by atoms with E-state index in [0.717, 1.165) is 32.6 Å². The topological polar surface area (TPSA) is 22.1 Å². The maximum absolute atomic E-state index is 6.12. The summed E-state index contributed by atoms with van der Waals surface area (Å²) in [5.74, 6) is 0.816. The standard InChI is InChI=1S/C12H12ClNOS/c1-7-4-11(15-3)9(5-10(7)13)12-14-8(2)6-16-12/h4-6H,1-3H3. The molecule has 0 saturated heterocycles. The second-order valence-electron chi connectivity index (χ2n) is 3.60. The van der Waals surface area contributed by atoms with E-state index in [1.54, 1.807) is 18.4 Å². The molecule has 2 rings (SSSR count). The fourth-order valence-corrected chi connectivity index (χ4v) is 2.45. The molecule has 0 radical (unpaired) electrons. The zero-order chi connectivity index (χ0) is 11.7. The number of thiazole rings is 1. The van der Waals surface area contributed by atoms with Crippen LogP contribution in [-0.4, -0.2) is 12.1 Å². The molecule has 0 N–H and O–H groups in total. The predicted octanol–water partition coefficient (Wildman–Crippen LogP) is 4.09. The number of ether oxygens (including phenoxy) is 1. The number of benzene rings is 1. The van der Waals surface area contributed by atoms with Crippen LogP contribution in [0.25, 0.3) is 10.6 Å². The van der Waals surface area contributed by atoms with Crippen LogP contribution >= 0.6 is 22.9 Å². The van der Waals surface area contributed by atoms with Crippen LogP contribution in [0.2, 0.25) is 5.02 Å². The highest BCUT2D eigenvalue weighted by molar-refractivity contribution is 7.13. The third kappa shape index (κ3) is 2.06. The van der Waals surface area contributed by atoms with Gasteiger partial charge >= 0.3 is 0 Å². The number of nitrogens with zero attached hydrogens (tertiary/aromatic N) is 1. The van der Waals surface area contributed by atoms with Gasteiger partial charge in [0.2, 0.25) is 0 Å². The maximum Gasteiger partial charge on any atom is 0.129 e. The number of hydrogen-bond donors (Lipinski definition) is 0. The van der Waals surface area contributed by atoms with E-state index in [1.807, 2.05) is 31.4 Å². The van der Waals surface area contributed by atoms with Gasteiger partial charge in [0.1, 0.15) is 10.8 Å². The summed E-state index contributed by atoms with van der Waals surface area (Å²) in [5.41, 5.74) is 2.98. The minimum absolute atomic E-state index is 0.739. The van der Waals surface area contributed by atoms with Gasteiger partial charge in [-0.3, -0.25) is 0 Å². The minimum atomic E-state index is 0.739. The van der Waals surface area contributed by atoms with Gasteiger partial charge in [0.05, 0.1) is 12.7 Å². The Labute approximate surface area is 104 Å². The Bertz CT molecular complexity index is 522. The lowest BCUT2D eigenvalue weighted by atomic mass is 10.1. The van der Waals surface area contributed by atoms with Crippen molar-refractivity contribution < 1.29 is 4.74 Å². The van der Waals surface area contributed by atoms with Crippen LogP contribution in [0.3, 0.4) is 0 Å². The van der Waals surface area contributed by atoms with Crippen LogP contribution in [0.15, 0.2) is 17.5 Å². The van der Waals surface area contributed by atoms with Gasteiger partial charge in [-0.05, 0) is 31.5 Å². The molecule has 0 saturated carbocycles. The Kier molecular flexibility index (Phi) is 3.17. The third-order valence-corrected chi connectivity index (χ3v) is 3.73. The smallest absolute Gasteiger partial charge is 0.129 e. The summed E-state index contributed by atoms with van der Waals surface area (Å²) in [6.07, 6.45) is 0. The van der Waals surface area contributed by atoms with Crippen molar-refractivity contribution in [2.45, 2.75) is 13.8 Å². The van der Waals surface area contributed by atoms with Crippen LogP contribution in [0, 0.1) is 13.8 Å². The van der Waals surface area contributed by atoms with Gasteiger partial charge < -0.3 is 4.74 Å². The summed E-state index contributed by atoms with van der Waals surface area (Å²) in [4.78, 5) is 4.44. The molecular weight excluding hydrogens is 242 g/mol. The quantitative estimate of drug-likeness (QED) is 0.804. The van der Waals surface area contributed by atoms with Crippen molar-refractivity contribution >= 4 is 22.9 Å². The van der Waals surface area contributed by atoms with E-state index in [9.17, 15) is 0 Å². The number of hydrogen-bond acceptors (Lipinski definition) is 3. The first-order valence-electron chi connectivity index (χ1n) is 4.88. The molecular formula is C12H12ClNOS. The predicted molar refractivity (Wildman–Crippen MR) is 68.6 cm³/mol. The molecule has 0 fully saturated rings. The van der Waals surface area contributed by atoms with Crippen molar-refractivity contribution in [1.29, 1.82) is 0 Å². The van der Waals surface area contributed by atoms with E-state index in [-0.39, 0.29) is 0 Å². The highest BCUT2D eigenvalue weighted by Gasteiger charge is 2.11. The molecule has 84 valence electrons. The summed E-state index contributed by atoms with van der Waals surface area (Å²) < 4.78 is 5.35. The molecule has 16 heavy (non-hydrogen) atoms. The average molecular weight is 254 g/mol. The number of aromatic nitrogens is 1. The molecule has 1 heterocycles. The summed E-state index contributed by atoms with van der Waals surface area (Å²) in [5, 5.41) is 3.70. The average Bonchev–Trinajstić information content (AvgIpc) is 2.68. The maximum atomic E-state index is 6.12. The SMILES string of the molecule is COc1cc(C)c(Cl)cc1-c1nc(C)cs1. The van der Waals surface area contributed by atoms with Crippen LogP contribution < -0.4 is 4.74 Å². The highest BCUT2D eigenvalue weighted by atomic mass is 35.5. The fraction of sp³-hybridized carbons (Fsp3) is 0.250. The molecule has 1 aromatic carbocycles. The van der Waals surface area contributed by atoms with Crippen molar-refractivity contribution in [3.63, 3.8) is 0 Å². The number of methoxy groups -OCH3 is 1. The third-order valence-electron chi connectivity index (χ3n) is 2.33. The van der Waals surface area contributed by atoms with Crippen LogP contribution in [0.5, 0.6) is 5.75 Å². The Morgan fingerprint density at radius 3 is 2.62 bits per heavy atom. The monoisotopic (exact) mass is 253 g/mol. The van der Waals surface area contributed by atoms with E-state index in [4.69, 9.17) is 16.3 Å². The van der Waals surface area contributed by atoms with Gasteiger partial charge in [-0.1, -0.05) is 11.6 Å². The Morgan fingerprint density at radius 2 is 2.06 bits per heavy atom. The van der Waals surface area contributed by atoms with E-state index in [0.29, 0.717) is 0 Å². The molecule has 2 aromatic rings. The van der Waals surface area contributed by atoms with Gasteiger partial charge in [0.15, 0.2) is 0 Å². The fourth-order valence-electron chi connectivity index (χ4n) is 1.47. The summed E-state index contributed by atoms with van der Waals surface area (Å²) in [6, 6.07) is 3.85. The molecule has 0 spiro atoms. The largest absolute Gasteiger partial charge is 0.496 e. The van der Waals surface area contributed by atoms with E-state index in [2.05, 4.69) is 4.98 Å². The molecule has 0 aliphatic carbocycles. The van der Waals surface area contributed by atoms with Gasteiger partial charge in [0.25, 0.3) is 0 Å².